The lowest BCUT2D eigenvalue weighted by Gasteiger charge is -2.15. The maximum absolute atomic E-state index is 13.7. The average molecular weight is 471 g/mol. The highest BCUT2D eigenvalue weighted by atomic mass is 28.3. The Morgan fingerprint density at radius 2 is 2.06 bits per heavy atom. The van der Waals surface area contributed by atoms with Crippen LogP contribution in [0.1, 0.15) is 10.4 Å². The predicted octanol–water partition coefficient (Wildman–Crippen LogP) is 3.73. The molecule has 9 nitrogen and oxygen atoms in total. The van der Waals surface area contributed by atoms with Crippen LogP contribution in [-0.2, 0) is 23.4 Å². The zero-order chi connectivity index (χ0) is 23.8. The summed E-state index contributed by atoms with van der Waals surface area (Å²) in [6.45, 7) is 7.75. The van der Waals surface area contributed by atoms with Crippen LogP contribution >= 0.6 is 0 Å². The Labute approximate surface area is 191 Å². The van der Waals surface area contributed by atoms with E-state index in [1.165, 1.54) is 19.2 Å². The van der Waals surface area contributed by atoms with Gasteiger partial charge in [0, 0.05) is 33.3 Å². The molecule has 174 valence electrons. The van der Waals surface area contributed by atoms with Crippen molar-refractivity contribution in [1.29, 1.82) is 0 Å². The van der Waals surface area contributed by atoms with Crippen molar-refractivity contribution in [2.75, 3.05) is 13.7 Å². The van der Waals surface area contributed by atoms with Crippen LogP contribution in [0, 0.1) is 5.82 Å². The number of hydrogen-bond donors (Lipinski definition) is 1. The van der Waals surface area contributed by atoms with Crippen molar-refractivity contribution in [3.8, 4) is 11.4 Å². The fourth-order valence-corrected chi connectivity index (χ4v) is 4.30. The molecule has 11 heteroatoms. The maximum Gasteiger partial charge on any atom is 0.278 e. The third kappa shape index (κ3) is 4.80. The third-order valence-electron chi connectivity index (χ3n) is 5.29. The van der Waals surface area contributed by atoms with Gasteiger partial charge in [-0.15, -0.1) is 0 Å². The standard InChI is InChI=1S/C22H27FN6O3Si/c1-28-18-10-14(23)6-7-15(18)19(26-28)17-11-24-21-20(25-17)16(22(30)27-31-2)12-29(21)13-32-8-9-33(3,4)5/h6-7,10-12H,8-9,13H2,1-5H3,(H,27,30). The van der Waals surface area contributed by atoms with Gasteiger partial charge in [-0.05, 0) is 24.2 Å². The molecule has 1 aromatic carbocycles. The topological polar surface area (TPSA) is 96.1 Å². The van der Waals surface area contributed by atoms with Gasteiger partial charge in [-0.1, -0.05) is 19.6 Å². The molecule has 0 spiro atoms. The number of carbonyl (C=O) groups excluding carboxylic acids is 1. The van der Waals surface area contributed by atoms with Crippen LogP contribution in [0.15, 0.2) is 30.6 Å². The van der Waals surface area contributed by atoms with Gasteiger partial charge in [-0.2, -0.15) is 5.10 Å². The number of fused-ring (bicyclic) bond motifs is 2. The number of rotatable bonds is 8. The second-order valence-corrected chi connectivity index (χ2v) is 14.7. The minimum absolute atomic E-state index is 0.251. The molecule has 0 radical (unpaired) electrons. The van der Waals surface area contributed by atoms with Crippen LogP contribution in [0.5, 0.6) is 0 Å². The first kappa shape index (κ1) is 23.0. The van der Waals surface area contributed by atoms with Crippen LogP contribution < -0.4 is 5.48 Å². The summed E-state index contributed by atoms with van der Waals surface area (Å²) in [7, 11) is 1.89. The lowest BCUT2D eigenvalue weighted by atomic mass is 10.1. The number of halogens is 1. The largest absolute Gasteiger partial charge is 0.361 e. The Morgan fingerprint density at radius 1 is 1.27 bits per heavy atom. The molecule has 0 saturated heterocycles. The molecule has 0 aliphatic rings. The summed E-state index contributed by atoms with van der Waals surface area (Å²) in [4.78, 5) is 26.7. The van der Waals surface area contributed by atoms with Gasteiger partial charge < -0.3 is 9.30 Å². The number of hydrogen-bond acceptors (Lipinski definition) is 6. The molecule has 4 rings (SSSR count). The fourth-order valence-electron chi connectivity index (χ4n) is 3.54. The lowest BCUT2D eigenvalue weighted by Crippen LogP contribution is -2.22. The van der Waals surface area contributed by atoms with E-state index in [-0.39, 0.29) is 12.5 Å². The molecular weight excluding hydrogens is 443 g/mol. The Bertz CT molecular complexity index is 1330. The van der Waals surface area contributed by atoms with Gasteiger partial charge >= 0.3 is 0 Å². The average Bonchev–Trinajstić information content (AvgIpc) is 3.28. The highest BCUT2D eigenvalue weighted by molar-refractivity contribution is 6.76. The summed E-state index contributed by atoms with van der Waals surface area (Å²) in [6.07, 6.45) is 3.26. The van der Waals surface area contributed by atoms with Crippen molar-refractivity contribution in [3.63, 3.8) is 0 Å². The number of carbonyl (C=O) groups is 1. The zero-order valence-corrected chi connectivity index (χ0v) is 20.3. The monoisotopic (exact) mass is 470 g/mol. The van der Waals surface area contributed by atoms with E-state index in [1.807, 2.05) is 0 Å². The number of amides is 1. The summed E-state index contributed by atoms with van der Waals surface area (Å²) >= 11 is 0. The minimum Gasteiger partial charge on any atom is -0.361 e. The SMILES string of the molecule is CONC(=O)c1cn(COCC[Si](C)(C)C)c2ncc(-c3nn(C)c4cc(F)ccc34)nc12. The summed E-state index contributed by atoms with van der Waals surface area (Å²) in [5.74, 6) is -0.786. The molecule has 0 saturated carbocycles. The Hall–Kier alpha value is -3.15. The van der Waals surface area contributed by atoms with Crippen LogP contribution in [0.4, 0.5) is 4.39 Å². The first-order valence-corrected chi connectivity index (χ1v) is 14.3. The molecule has 0 fully saturated rings. The van der Waals surface area contributed by atoms with Crippen molar-refractivity contribution >= 4 is 36.0 Å². The van der Waals surface area contributed by atoms with Gasteiger partial charge in [0.1, 0.15) is 29.5 Å². The third-order valence-corrected chi connectivity index (χ3v) is 6.99. The quantitative estimate of drug-likeness (QED) is 0.240. The number of aromatic nitrogens is 5. The van der Waals surface area contributed by atoms with Crippen LogP contribution in [0.25, 0.3) is 33.5 Å². The molecule has 0 aliphatic heterocycles. The van der Waals surface area contributed by atoms with Crippen molar-refractivity contribution in [2.45, 2.75) is 32.4 Å². The molecular formula is C22H27FN6O3Si. The zero-order valence-electron chi connectivity index (χ0n) is 19.3. The Balaban J connectivity index is 1.74. The molecule has 0 atom stereocenters. The number of hydroxylamine groups is 1. The summed E-state index contributed by atoms with van der Waals surface area (Å²) in [5.41, 5.74) is 5.22. The molecule has 3 heterocycles. The van der Waals surface area contributed by atoms with Crippen LogP contribution in [0.2, 0.25) is 25.7 Å². The molecule has 0 unspecified atom stereocenters. The van der Waals surface area contributed by atoms with Crippen molar-refractivity contribution < 1.29 is 18.8 Å². The smallest absolute Gasteiger partial charge is 0.278 e. The van der Waals surface area contributed by atoms with Crippen LogP contribution in [0.3, 0.4) is 0 Å². The molecule has 1 amide bonds. The second kappa shape index (κ2) is 9.00. The summed E-state index contributed by atoms with van der Waals surface area (Å²) in [6, 6.07) is 5.50. The number of nitrogens with zero attached hydrogens (tertiary/aromatic N) is 5. The van der Waals surface area contributed by atoms with Gasteiger partial charge in [0.15, 0.2) is 5.65 Å². The molecule has 3 aromatic heterocycles. The van der Waals surface area contributed by atoms with Gasteiger partial charge in [0.05, 0.1) is 24.4 Å². The van der Waals surface area contributed by atoms with Crippen molar-refractivity contribution in [1.82, 2.24) is 29.8 Å². The summed E-state index contributed by atoms with van der Waals surface area (Å²) < 4.78 is 22.9. The molecule has 33 heavy (non-hydrogen) atoms. The minimum atomic E-state index is -1.22. The molecule has 0 bridgehead atoms. The van der Waals surface area contributed by atoms with Gasteiger partial charge in [-0.3, -0.25) is 14.3 Å². The first-order chi connectivity index (χ1) is 15.7. The molecule has 1 N–H and O–H groups in total. The van der Waals surface area contributed by atoms with Gasteiger partial charge in [-0.25, -0.2) is 19.8 Å². The number of ether oxygens (including phenoxy) is 1. The van der Waals surface area contributed by atoms with E-state index < -0.39 is 14.0 Å². The van der Waals surface area contributed by atoms with E-state index >= 15 is 0 Å². The summed E-state index contributed by atoms with van der Waals surface area (Å²) in [5, 5.41) is 5.24. The van der Waals surface area contributed by atoms with E-state index in [4.69, 9.17) is 14.6 Å². The maximum atomic E-state index is 13.7. The second-order valence-electron chi connectivity index (χ2n) is 9.06. The highest BCUT2D eigenvalue weighted by Gasteiger charge is 2.21. The van der Waals surface area contributed by atoms with E-state index in [2.05, 4.69) is 35.2 Å². The van der Waals surface area contributed by atoms with Gasteiger partial charge in [0.25, 0.3) is 5.91 Å². The van der Waals surface area contributed by atoms with Crippen molar-refractivity contribution in [2.24, 2.45) is 7.05 Å². The lowest BCUT2D eigenvalue weighted by molar-refractivity contribution is 0.0538. The van der Waals surface area contributed by atoms with E-state index in [9.17, 15) is 9.18 Å². The Morgan fingerprint density at radius 3 is 2.79 bits per heavy atom. The number of aryl methyl sites for hydroxylation is 1. The van der Waals surface area contributed by atoms with Crippen LogP contribution in [-0.4, -0.2) is 52.0 Å². The number of benzene rings is 1. The fraction of sp³-hybridized carbons (Fsp3) is 0.364. The highest BCUT2D eigenvalue weighted by Crippen LogP contribution is 2.29. The Kier molecular flexibility index (Phi) is 6.28. The van der Waals surface area contributed by atoms with E-state index in [0.717, 1.165) is 11.4 Å². The van der Waals surface area contributed by atoms with E-state index in [1.54, 1.807) is 34.8 Å². The number of nitrogens with one attached hydrogen (secondary N) is 1. The normalized spacial score (nSPS) is 12.1. The van der Waals surface area contributed by atoms with Gasteiger partial charge in [0.2, 0.25) is 0 Å². The predicted molar refractivity (Wildman–Crippen MR) is 126 cm³/mol. The molecule has 4 aromatic rings. The first-order valence-electron chi connectivity index (χ1n) is 10.6. The van der Waals surface area contributed by atoms with Crippen molar-refractivity contribution in [3.05, 3.63) is 42.0 Å². The van der Waals surface area contributed by atoms with E-state index in [0.29, 0.717) is 40.2 Å². The molecule has 0 aliphatic carbocycles.